The van der Waals surface area contributed by atoms with Crippen LogP contribution in [-0.2, 0) is 11.8 Å². The molecule has 2 amide bonds. The summed E-state index contributed by atoms with van der Waals surface area (Å²) < 4.78 is 1.57. The van der Waals surface area contributed by atoms with E-state index >= 15 is 0 Å². The van der Waals surface area contributed by atoms with Crippen molar-refractivity contribution in [2.45, 2.75) is 19.3 Å². The SMILES string of the molecule is Cn1nnnc1-c1cccc(NC(=O)c2ccc(N3CCCCC3=O)cc2)c1. The Morgan fingerprint density at radius 3 is 2.64 bits per heavy atom. The highest BCUT2D eigenvalue weighted by molar-refractivity contribution is 6.05. The van der Waals surface area contributed by atoms with Gasteiger partial charge in [-0.15, -0.1) is 5.10 Å². The van der Waals surface area contributed by atoms with Crippen LogP contribution in [-0.4, -0.2) is 38.6 Å². The van der Waals surface area contributed by atoms with Gasteiger partial charge in [0, 0.05) is 42.5 Å². The van der Waals surface area contributed by atoms with Crippen LogP contribution in [0.15, 0.2) is 48.5 Å². The maximum Gasteiger partial charge on any atom is 0.255 e. The van der Waals surface area contributed by atoms with E-state index in [-0.39, 0.29) is 11.8 Å². The fourth-order valence-electron chi connectivity index (χ4n) is 3.28. The third-order valence-electron chi connectivity index (χ3n) is 4.76. The van der Waals surface area contributed by atoms with Gasteiger partial charge >= 0.3 is 0 Å². The number of benzene rings is 2. The highest BCUT2D eigenvalue weighted by Gasteiger charge is 2.19. The number of aromatic nitrogens is 4. The van der Waals surface area contributed by atoms with Crippen LogP contribution in [0.25, 0.3) is 11.4 Å². The number of carbonyl (C=O) groups excluding carboxylic acids is 2. The molecule has 2 heterocycles. The van der Waals surface area contributed by atoms with Gasteiger partial charge < -0.3 is 10.2 Å². The van der Waals surface area contributed by atoms with Gasteiger partial charge in [0.25, 0.3) is 5.91 Å². The molecule has 1 fully saturated rings. The molecule has 0 spiro atoms. The molecular weight excluding hydrogens is 356 g/mol. The molecule has 1 aromatic heterocycles. The normalized spacial score (nSPS) is 14.2. The monoisotopic (exact) mass is 376 g/mol. The number of amides is 2. The van der Waals surface area contributed by atoms with Crippen LogP contribution < -0.4 is 10.2 Å². The van der Waals surface area contributed by atoms with E-state index in [0.717, 1.165) is 30.6 Å². The number of aryl methyl sites for hydroxylation is 1. The number of tetrazole rings is 1. The molecule has 142 valence electrons. The Morgan fingerprint density at radius 2 is 1.93 bits per heavy atom. The first-order valence-electron chi connectivity index (χ1n) is 9.16. The number of hydrogen-bond acceptors (Lipinski definition) is 5. The van der Waals surface area contributed by atoms with E-state index in [1.54, 1.807) is 28.8 Å². The van der Waals surface area contributed by atoms with Gasteiger partial charge in [-0.25, -0.2) is 4.68 Å². The van der Waals surface area contributed by atoms with E-state index < -0.39 is 0 Å². The van der Waals surface area contributed by atoms with Crippen molar-refractivity contribution in [2.24, 2.45) is 7.05 Å². The van der Waals surface area contributed by atoms with Gasteiger partial charge in [0.15, 0.2) is 5.82 Å². The lowest BCUT2D eigenvalue weighted by atomic mass is 10.1. The number of nitrogens with zero attached hydrogens (tertiary/aromatic N) is 5. The van der Waals surface area contributed by atoms with Crippen molar-refractivity contribution in [2.75, 3.05) is 16.8 Å². The van der Waals surface area contributed by atoms with Gasteiger partial charge in [-0.3, -0.25) is 9.59 Å². The molecule has 1 aliphatic heterocycles. The molecule has 0 aliphatic carbocycles. The zero-order valence-electron chi connectivity index (χ0n) is 15.5. The molecule has 0 unspecified atom stereocenters. The third kappa shape index (κ3) is 3.62. The van der Waals surface area contributed by atoms with Gasteiger partial charge in [-0.2, -0.15) is 0 Å². The maximum atomic E-state index is 12.6. The lowest BCUT2D eigenvalue weighted by Gasteiger charge is -2.26. The second-order valence-corrected chi connectivity index (χ2v) is 6.71. The molecule has 1 saturated heterocycles. The summed E-state index contributed by atoms with van der Waals surface area (Å²) in [6.07, 6.45) is 2.53. The molecule has 28 heavy (non-hydrogen) atoms. The Kier molecular flexibility index (Phi) is 4.84. The maximum absolute atomic E-state index is 12.6. The van der Waals surface area contributed by atoms with Crippen molar-refractivity contribution in [1.29, 1.82) is 0 Å². The molecule has 0 radical (unpaired) electrons. The van der Waals surface area contributed by atoms with Gasteiger partial charge in [-0.05, 0) is 59.7 Å². The molecule has 1 aliphatic rings. The Morgan fingerprint density at radius 1 is 1.11 bits per heavy atom. The molecule has 8 nitrogen and oxygen atoms in total. The van der Waals surface area contributed by atoms with Crippen LogP contribution in [0.1, 0.15) is 29.6 Å². The highest BCUT2D eigenvalue weighted by atomic mass is 16.2. The first-order valence-corrected chi connectivity index (χ1v) is 9.16. The third-order valence-corrected chi connectivity index (χ3v) is 4.76. The van der Waals surface area contributed by atoms with Gasteiger partial charge in [0.1, 0.15) is 0 Å². The minimum Gasteiger partial charge on any atom is -0.322 e. The molecule has 4 rings (SSSR count). The predicted molar refractivity (Wildman–Crippen MR) is 105 cm³/mol. The summed E-state index contributed by atoms with van der Waals surface area (Å²) in [5.74, 6) is 0.537. The first-order chi connectivity index (χ1) is 13.6. The van der Waals surface area contributed by atoms with Crippen molar-refractivity contribution in [3.05, 3.63) is 54.1 Å². The van der Waals surface area contributed by atoms with E-state index in [1.165, 1.54) is 0 Å². The van der Waals surface area contributed by atoms with Gasteiger partial charge in [0.05, 0.1) is 0 Å². The largest absolute Gasteiger partial charge is 0.322 e. The molecule has 8 heteroatoms. The molecule has 0 bridgehead atoms. The molecule has 0 atom stereocenters. The van der Waals surface area contributed by atoms with Crippen LogP contribution in [0.2, 0.25) is 0 Å². The van der Waals surface area contributed by atoms with Crippen LogP contribution in [0.4, 0.5) is 11.4 Å². The van der Waals surface area contributed by atoms with Crippen LogP contribution >= 0.6 is 0 Å². The van der Waals surface area contributed by atoms with E-state index in [4.69, 9.17) is 0 Å². The van der Waals surface area contributed by atoms with Crippen molar-refractivity contribution in [1.82, 2.24) is 20.2 Å². The lowest BCUT2D eigenvalue weighted by molar-refractivity contribution is -0.119. The predicted octanol–water partition coefficient (Wildman–Crippen LogP) is 2.65. The molecular formula is C20H20N6O2. The number of anilines is 2. The van der Waals surface area contributed by atoms with Gasteiger partial charge in [-0.1, -0.05) is 12.1 Å². The quantitative estimate of drug-likeness (QED) is 0.756. The van der Waals surface area contributed by atoms with E-state index in [2.05, 4.69) is 20.8 Å². The fraction of sp³-hybridized carbons (Fsp3) is 0.250. The van der Waals surface area contributed by atoms with Gasteiger partial charge in [0.2, 0.25) is 5.91 Å². The average molecular weight is 376 g/mol. The second-order valence-electron chi connectivity index (χ2n) is 6.71. The van der Waals surface area contributed by atoms with E-state index in [0.29, 0.717) is 23.5 Å². The topological polar surface area (TPSA) is 93.0 Å². The summed E-state index contributed by atoms with van der Waals surface area (Å²) in [5, 5.41) is 14.3. The summed E-state index contributed by atoms with van der Waals surface area (Å²) in [6.45, 7) is 0.730. The number of hydrogen-bond donors (Lipinski definition) is 1. The van der Waals surface area contributed by atoms with Crippen LogP contribution in [0, 0.1) is 0 Å². The number of rotatable bonds is 4. The summed E-state index contributed by atoms with van der Waals surface area (Å²) in [7, 11) is 1.76. The molecule has 2 aromatic carbocycles. The Hall–Kier alpha value is -3.55. The van der Waals surface area contributed by atoms with E-state index in [1.807, 2.05) is 36.4 Å². The molecule has 0 saturated carbocycles. The summed E-state index contributed by atoms with van der Waals surface area (Å²) in [5.41, 5.74) is 2.82. The van der Waals surface area contributed by atoms with Crippen molar-refractivity contribution in [3.63, 3.8) is 0 Å². The summed E-state index contributed by atoms with van der Waals surface area (Å²) >= 11 is 0. The smallest absolute Gasteiger partial charge is 0.255 e. The number of nitrogens with one attached hydrogen (secondary N) is 1. The van der Waals surface area contributed by atoms with Crippen LogP contribution in [0.3, 0.4) is 0 Å². The highest BCUT2D eigenvalue weighted by Crippen LogP contribution is 2.23. The minimum absolute atomic E-state index is 0.138. The summed E-state index contributed by atoms with van der Waals surface area (Å²) in [6, 6.07) is 14.5. The minimum atomic E-state index is -0.218. The van der Waals surface area contributed by atoms with Crippen molar-refractivity contribution >= 4 is 23.2 Å². The zero-order chi connectivity index (χ0) is 19.5. The van der Waals surface area contributed by atoms with Crippen LogP contribution in [0.5, 0.6) is 0 Å². The fourth-order valence-corrected chi connectivity index (χ4v) is 3.28. The Balaban J connectivity index is 1.48. The Labute approximate surface area is 162 Å². The molecule has 1 N–H and O–H groups in total. The molecule has 3 aromatic rings. The first kappa shape index (κ1) is 17.8. The number of piperidine rings is 1. The summed E-state index contributed by atoms with van der Waals surface area (Å²) in [4.78, 5) is 26.4. The standard InChI is InChI=1S/C20H20N6O2/c1-25-19(22-23-24-25)15-5-4-6-16(13-15)21-20(28)14-8-10-17(11-9-14)26-12-3-2-7-18(26)27/h4-6,8-11,13H,2-3,7,12H2,1H3,(H,21,28). The Bertz CT molecular complexity index is 1010. The lowest BCUT2D eigenvalue weighted by Crippen LogP contribution is -2.35. The average Bonchev–Trinajstić information content (AvgIpc) is 3.15. The second kappa shape index (κ2) is 7.59. The van der Waals surface area contributed by atoms with Crippen molar-refractivity contribution in [3.8, 4) is 11.4 Å². The number of carbonyl (C=O) groups is 2. The zero-order valence-corrected chi connectivity index (χ0v) is 15.5. The van der Waals surface area contributed by atoms with E-state index in [9.17, 15) is 9.59 Å². The van der Waals surface area contributed by atoms with Crippen molar-refractivity contribution < 1.29 is 9.59 Å².